The number of hydrogen-bond acceptors (Lipinski definition) is 2. The molecule has 0 aliphatic heterocycles. The van der Waals surface area contributed by atoms with E-state index < -0.39 is 0 Å². The van der Waals surface area contributed by atoms with Crippen LogP contribution in [0.25, 0.3) is 0 Å². The lowest BCUT2D eigenvalue weighted by atomic mass is 10.1. The van der Waals surface area contributed by atoms with E-state index in [1.807, 2.05) is 32.0 Å². The van der Waals surface area contributed by atoms with Gasteiger partial charge in [-0.25, -0.2) is 0 Å². The van der Waals surface area contributed by atoms with Crippen molar-refractivity contribution in [2.24, 2.45) is 0 Å². The van der Waals surface area contributed by atoms with Gasteiger partial charge in [-0.3, -0.25) is 9.59 Å². The summed E-state index contributed by atoms with van der Waals surface area (Å²) in [5.74, 6) is -0.254. The predicted molar refractivity (Wildman–Crippen MR) is 96.8 cm³/mol. The fraction of sp³-hybridized carbons (Fsp3) is 0.579. The SMILES string of the molecule is Cc1cccc(C)c1NC(=O)CNC(=O)C[N+](C)(C)C1CCCC1. The normalized spacial score (nSPS) is 15.3. The Morgan fingerprint density at radius 3 is 2.25 bits per heavy atom. The number of hydrogen-bond donors (Lipinski definition) is 2. The number of anilines is 1. The molecule has 2 amide bonds. The quantitative estimate of drug-likeness (QED) is 0.786. The van der Waals surface area contributed by atoms with Gasteiger partial charge in [-0.05, 0) is 50.7 Å². The van der Waals surface area contributed by atoms with Gasteiger partial charge in [-0.15, -0.1) is 0 Å². The van der Waals surface area contributed by atoms with Gasteiger partial charge in [-0.1, -0.05) is 18.2 Å². The van der Waals surface area contributed by atoms with Gasteiger partial charge < -0.3 is 15.1 Å². The highest BCUT2D eigenvalue weighted by molar-refractivity contribution is 5.95. The van der Waals surface area contributed by atoms with Crippen LogP contribution >= 0.6 is 0 Å². The molecule has 5 nitrogen and oxygen atoms in total. The number of rotatable bonds is 6. The van der Waals surface area contributed by atoms with Crippen molar-refractivity contribution in [3.63, 3.8) is 0 Å². The summed E-state index contributed by atoms with van der Waals surface area (Å²) < 4.78 is 0.699. The van der Waals surface area contributed by atoms with Crippen LogP contribution in [0.4, 0.5) is 5.69 Å². The Balaban J connectivity index is 1.82. The predicted octanol–water partition coefficient (Wildman–Crippen LogP) is 2.38. The van der Waals surface area contributed by atoms with Crippen molar-refractivity contribution in [1.82, 2.24) is 5.32 Å². The first-order valence-corrected chi connectivity index (χ1v) is 8.75. The zero-order chi connectivity index (χ0) is 17.7. The van der Waals surface area contributed by atoms with Crippen molar-refractivity contribution in [2.75, 3.05) is 32.5 Å². The average Bonchev–Trinajstić information content (AvgIpc) is 3.04. The zero-order valence-corrected chi connectivity index (χ0v) is 15.3. The average molecular weight is 332 g/mol. The first kappa shape index (κ1) is 18.5. The highest BCUT2D eigenvalue weighted by Crippen LogP contribution is 2.26. The number of amides is 2. The van der Waals surface area contributed by atoms with Crippen molar-refractivity contribution >= 4 is 17.5 Å². The molecule has 0 unspecified atom stereocenters. The molecule has 0 aromatic heterocycles. The smallest absolute Gasteiger partial charge is 0.275 e. The Morgan fingerprint density at radius 2 is 1.67 bits per heavy atom. The molecule has 0 spiro atoms. The molecular formula is C19H30N3O2+. The molecule has 0 radical (unpaired) electrons. The molecule has 24 heavy (non-hydrogen) atoms. The molecule has 1 fully saturated rings. The second kappa shape index (κ2) is 7.79. The third kappa shape index (κ3) is 4.81. The summed E-state index contributed by atoms with van der Waals surface area (Å²) in [6.07, 6.45) is 4.89. The number of para-hydroxylation sites is 1. The third-order valence-electron chi connectivity index (χ3n) is 5.06. The number of benzene rings is 1. The van der Waals surface area contributed by atoms with Crippen LogP contribution in [-0.2, 0) is 9.59 Å². The molecule has 1 aromatic carbocycles. The van der Waals surface area contributed by atoms with Crippen molar-refractivity contribution in [3.8, 4) is 0 Å². The van der Waals surface area contributed by atoms with E-state index in [4.69, 9.17) is 0 Å². The number of likely N-dealkylation sites (N-methyl/N-ethyl adjacent to an activating group) is 1. The topological polar surface area (TPSA) is 58.2 Å². The Kier molecular flexibility index (Phi) is 5.99. The molecule has 1 aromatic rings. The van der Waals surface area contributed by atoms with Crippen LogP contribution < -0.4 is 10.6 Å². The Bertz CT molecular complexity index is 584. The van der Waals surface area contributed by atoms with Crippen LogP contribution in [0.3, 0.4) is 0 Å². The van der Waals surface area contributed by atoms with E-state index in [0.29, 0.717) is 17.1 Å². The largest absolute Gasteiger partial charge is 0.342 e. The van der Waals surface area contributed by atoms with E-state index >= 15 is 0 Å². The lowest BCUT2D eigenvalue weighted by molar-refractivity contribution is -0.906. The summed E-state index contributed by atoms with van der Waals surface area (Å²) in [7, 11) is 4.21. The fourth-order valence-electron chi connectivity index (χ4n) is 3.53. The maximum atomic E-state index is 12.2. The highest BCUT2D eigenvalue weighted by Gasteiger charge is 2.32. The monoisotopic (exact) mass is 332 g/mol. The molecule has 0 bridgehead atoms. The maximum absolute atomic E-state index is 12.2. The third-order valence-corrected chi connectivity index (χ3v) is 5.06. The fourth-order valence-corrected chi connectivity index (χ4v) is 3.53. The molecule has 0 atom stereocenters. The number of quaternary nitrogens is 1. The standard InChI is InChI=1S/C19H29N3O2/c1-14-8-7-9-15(2)19(14)21-17(23)12-20-18(24)13-22(3,4)16-10-5-6-11-16/h7-9,16H,5-6,10-13H2,1-4H3,(H-,20,21,23,24)/p+1. The summed E-state index contributed by atoms with van der Waals surface area (Å²) in [4.78, 5) is 24.3. The molecule has 1 aliphatic rings. The lowest BCUT2D eigenvalue weighted by Gasteiger charge is -2.35. The second-order valence-electron chi connectivity index (χ2n) is 7.47. The summed E-state index contributed by atoms with van der Waals surface area (Å²) in [5, 5.41) is 5.65. The first-order valence-electron chi connectivity index (χ1n) is 8.75. The number of nitrogens with zero attached hydrogens (tertiary/aromatic N) is 1. The molecule has 0 heterocycles. The Hall–Kier alpha value is -1.88. The second-order valence-corrected chi connectivity index (χ2v) is 7.47. The van der Waals surface area contributed by atoms with Crippen LogP contribution in [0.2, 0.25) is 0 Å². The molecule has 132 valence electrons. The van der Waals surface area contributed by atoms with Crippen LogP contribution in [-0.4, -0.2) is 49.5 Å². The number of carbonyl (C=O) groups is 2. The zero-order valence-electron chi connectivity index (χ0n) is 15.3. The number of carbonyl (C=O) groups excluding carboxylic acids is 2. The van der Waals surface area contributed by atoms with Crippen LogP contribution in [0.5, 0.6) is 0 Å². The van der Waals surface area contributed by atoms with Gasteiger partial charge >= 0.3 is 0 Å². The summed E-state index contributed by atoms with van der Waals surface area (Å²) >= 11 is 0. The summed E-state index contributed by atoms with van der Waals surface area (Å²) in [6, 6.07) is 6.44. The Labute approximate surface area is 145 Å². The minimum Gasteiger partial charge on any atom is -0.342 e. The van der Waals surface area contributed by atoms with E-state index in [0.717, 1.165) is 16.8 Å². The van der Waals surface area contributed by atoms with Gasteiger partial charge in [0.2, 0.25) is 5.91 Å². The molecule has 1 aliphatic carbocycles. The van der Waals surface area contributed by atoms with E-state index in [-0.39, 0.29) is 18.4 Å². The molecule has 1 saturated carbocycles. The minimum atomic E-state index is -0.188. The van der Waals surface area contributed by atoms with E-state index in [9.17, 15) is 9.59 Å². The molecule has 5 heteroatoms. The van der Waals surface area contributed by atoms with E-state index in [1.165, 1.54) is 25.7 Å². The van der Waals surface area contributed by atoms with Crippen molar-refractivity contribution in [2.45, 2.75) is 45.6 Å². The van der Waals surface area contributed by atoms with Gasteiger partial charge in [0.05, 0.1) is 26.7 Å². The highest BCUT2D eigenvalue weighted by atomic mass is 16.2. The van der Waals surface area contributed by atoms with Gasteiger partial charge in [0, 0.05) is 5.69 Å². The van der Waals surface area contributed by atoms with Crippen molar-refractivity contribution < 1.29 is 14.1 Å². The van der Waals surface area contributed by atoms with E-state index in [1.54, 1.807) is 0 Å². The van der Waals surface area contributed by atoms with Crippen molar-refractivity contribution in [1.29, 1.82) is 0 Å². The Morgan fingerprint density at radius 1 is 1.08 bits per heavy atom. The minimum absolute atomic E-state index is 0.0112. The van der Waals surface area contributed by atoms with Gasteiger partial charge in [0.25, 0.3) is 5.91 Å². The van der Waals surface area contributed by atoms with Crippen LogP contribution in [0.1, 0.15) is 36.8 Å². The molecule has 0 saturated heterocycles. The van der Waals surface area contributed by atoms with Crippen LogP contribution in [0, 0.1) is 13.8 Å². The molecule has 2 rings (SSSR count). The molecular weight excluding hydrogens is 302 g/mol. The lowest BCUT2D eigenvalue weighted by Crippen LogP contribution is -2.53. The number of aryl methyl sites for hydroxylation is 2. The summed E-state index contributed by atoms with van der Waals surface area (Å²) in [6.45, 7) is 4.35. The maximum Gasteiger partial charge on any atom is 0.275 e. The van der Waals surface area contributed by atoms with Crippen molar-refractivity contribution in [3.05, 3.63) is 29.3 Å². The number of nitrogens with one attached hydrogen (secondary N) is 2. The summed E-state index contributed by atoms with van der Waals surface area (Å²) in [5.41, 5.74) is 2.88. The van der Waals surface area contributed by atoms with E-state index in [2.05, 4.69) is 24.7 Å². The van der Waals surface area contributed by atoms with Gasteiger partial charge in [0.1, 0.15) is 0 Å². The first-order chi connectivity index (χ1) is 11.3. The van der Waals surface area contributed by atoms with Gasteiger partial charge in [-0.2, -0.15) is 0 Å². The van der Waals surface area contributed by atoms with Crippen LogP contribution in [0.15, 0.2) is 18.2 Å². The molecule has 2 N–H and O–H groups in total. The van der Waals surface area contributed by atoms with Gasteiger partial charge in [0.15, 0.2) is 6.54 Å².